The van der Waals surface area contributed by atoms with Crippen molar-refractivity contribution in [1.82, 2.24) is 15.3 Å². The van der Waals surface area contributed by atoms with E-state index in [-0.39, 0.29) is 11.9 Å². The highest BCUT2D eigenvalue weighted by molar-refractivity contribution is 7.19. The van der Waals surface area contributed by atoms with Gasteiger partial charge in [0.05, 0.1) is 0 Å². The van der Waals surface area contributed by atoms with E-state index in [1.807, 2.05) is 12.3 Å². The van der Waals surface area contributed by atoms with E-state index in [0.29, 0.717) is 0 Å². The zero-order valence-electron chi connectivity index (χ0n) is 11.2. The zero-order valence-corrected chi connectivity index (χ0v) is 12.0. The van der Waals surface area contributed by atoms with Crippen molar-refractivity contribution in [2.75, 3.05) is 6.54 Å². The van der Waals surface area contributed by atoms with E-state index in [4.69, 9.17) is 0 Å². The van der Waals surface area contributed by atoms with Crippen LogP contribution in [0.1, 0.15) is 23.7 Å². The maximum Gasteiger partial charge on any atom is 0.124 e. The Bertz CT molecular complexity index is 690. The van der Waals surface area contributed by atoms with Gasteiger partial charge < -0.3 is 10.3 Å². The lowest BCUT2D eigenvalue weighted by Gasteiger charge is -2.14. The van der Waals surface area contributed by atoms with Gasteiger partial charge in [0, 0.05) is 34.4 Å². The second kappa shape index (κ2) is 5.73. The molecule has 0 saturated carbocycles. The molecule has 2 heterocycles. The van der Waals surface area contributed by atoms with Gasteiger partial charge >= 0.3 is 0 Å². The standard InChI is InChI=1S/C15H16FN3S/c1-2-17-12(9-15-18-5-6-19-15)14-7-10-3-4-11(16)8-13(10)20-14/h3-8,12,17H,2,9H2,1H3,(H,18,19). The quantitative estimate of drug-likeness (QED) is 0.752. The van der Waals surface area contributed by atoms with Gasteiger partial charge in [-0.15, -0.1) is 11.3 Å². The van der Waals surface area contributed by atoms with Crippen molar-refractivity contribution >= 4 is 21.4 Å². The van der Waals surface area contributed by atoms with E-state index >= 15 is 0 Å². The zero-order chi connectivity index (χ0) is 13.9. The molecule has 0 radical (unpaired) electrons. The highest BCUT2D eigenvalue weighted by Crippen LogP contribution is 2.31. The summed E-state index contributed by atoms with van der Waals surface area (Å²) in [7, 11) is 0. The van der Waals surface area contributed by atoms with Crippen molar-refractivity contribution in [1.29, 1.82) is 0 Å². The largest absolute Gasteiger partial charge is 0.349 e. The van der Waals surface area contributed by atoms with Crippen LogP contribution in [0, 0.1) is 5.82 Å². The van der Waals surface area contributed by atoms with Crippen LogP contribution >= 0.6 is 11.3 Å². The number of nitrogens with one attached hydrogen (secondary N) is 2. The number of H-pyrrole nitrogens is 1. The lowest BCUT2D eigenvalue weighted by Crippen LogP contribution is -2.22. The first-order valence-electron chi connectivity index (χ1n) is 6.67. The number of rotatable bonds is 5. The van der Waals surface area contributed by atoms with Gasteiger partial charge in [0.25, 0.3) is 0 Å². The lowest BCUT2D eigenvalue weighted by atomic mass is 10.1. The molecule has 0 fully saturated rings. The minimum Gasteiger partial charge on any atom is -0.349 e. The van der Waals surface area contributed by atoms with Crippen LogP contribution in [0.15, 0.2) is 36.7 Å². The molecule has 1 unspecified atom stereocenters. The minimum atomic E-state index is -0.183. The van der Waals surface area contributed by atoms with Gasteiger partial charge in [-0.1, -0.05) is 13.0 Å². The monoisotopic (exact) mass is 289 g/mol. The SMILES string of the molecule is CCNC(Cc1ncc[nH]1)c1cc2ccc(F)cc2s1. The lowest BCUT2D eigenvalue weighted by molar-refractivity contribution is 0.547. The third-order valence-electron chi connectivity index (χ3n) is 3.25. The average molecular weight is 289 g/mol. The molecule has 0 saturated heterocycles. The normalized spacial score (nSPS) is 12.9. The van der Waals surface area contributed by atoms with Crippen LogP contribution in [0.5, 0.6) is 0 Å². The molecule has 0 aliphatic carbocycles. The Labute approximate surface area is 120 Å². The van der Waals surface area contributed by atoms with Crippen LogP contribution in [0.3, 0.4) is 0 Å². The number of likely N-dealkylation sites (N-methyl/N-ethyl adjacent to an activating group) is 1. The predicted octanol–water partition coefficient (Wildman–Crippen LogP) is 3.66. The van der Waals surface area contributed by atoms with Crippen LogP contribution in [0.25, 0.3) is 10.1 Å². The van der Waals surface area contributed by atoms with Crippen LogP contribution in [-0.4, -0.2) is 16.5 Å². The van der Waals surface area contributed by atoms with Crippen molar-refractivity contribution in [3.8, 4) is 0 Å². The van der Waals surface area contributed by atoms with Gasteiger partial charge in [-0.2, -0.15) is 0 Å². The second-order valence-corrected chi connectivity index (χ2v) is 5.80. The van der Waals surface area contributed by atoms with E-state index in [9.17, 15) is 4.39 Å². The summed E-state index contributed by atoms with van der Waals surface area (Å²) in [6.45, 7) is 2.97. The molecule has 3 aromatic rings. The summed E-state index contributed by atoms with van der Waals surface area (Å²) in [5.74, 6) is 0.775. The number of hydrogen-bond donors (Lipinski definition) is 2. The number of imidazole rings is 1. The van der Waals surface area contributed by atoms with Crippen LogP contribution in [0.2, 0.25) is 0 Å². The fourth-order valence-corrected chi connectivity index (χ4v) is 3.49. The van der Waals surface area contributed by atoms with Gasteiger partial charge in [-0.25, -0.2) is 9.37 Å². The maximum absolute atomic E-state index is 13.3. The van der Waals surface area contributed by atoms with Crippen molar-refractivity contribution in [3.05, 3.63) is 53.2 Å². The van der Waals surface area contributed by atoms with Crippen LogP contribution < -0.4 is 5.32 Å². The van der Waals surface area contributed by atoms with E-state index < -0.39 is 0 Å². The molecule has 1 aromatic carbocycles. The fourth-order valence-electron chi connectivity index (χ4n) is 2.32. The molecule has 5 heteroatoms. The van der Waals surface area contributed by atoms with E-state index in [1.54, 1.807) is 23.6 Å². The average Bonchev–Trinajstić information content (AvgIpc) is 3.06. The number of aromatic nitrogens is 2. The maximum atomic E-state index is 13.3. The summed E-state index contributed by atoms with van der Waals surface area (Å²) in [4.78, 5) is 8.62. The number of halogens is 1. The van der Waals surface area contributed by atoms with Gasteiger partial charge in [0.2, 0.25) is 0 Å². The smallest absolute Gasteiger partial charge is 0.124 e. The van der Waals surface area contributed by atoms with E-state index in [1.165, 1.54) is 10.9 Å². The Morgan fingerprint density at radius 3 is 3.05 bits per heavy atom. The van der Waals surface area contributed by atoms with Crippen LogP contribution in [0.4, 0.5) is 4.39 Å². The molecule has 2 aromatic heterocycles. The summed E-state index contributed by atoms with van der Waals surface area (Å²) in [5, 5.41) is 4.56. The summed E-state index contributed by atoms with van der Waals surface area (Å²) in [6, 6.07) is 7.27. The molecule has 1 atom stereocenters. The molecule has 0 spiro atoms. The Morgan fingerprint density at radius 2 is 2.30 bits per heavy atom. The number of hydrogen-bond acceptors (Lipinski definition) is 3. The summed E-state index contributed by atoms with van der Waals surface area (Å²) in [5.41, 5.74) is 0. The third-order valence-corrected chi connectivity index (χ3v) is 4.46. The van der Waals surface area contributed by atoms with Crippen molar-refractivity contribution in [2.24, 2.45) is 0 Å². The van der Waals surface area contributed by atoms with Crippen molar-refractivity contribution < 1.29 is 4.39 Å². The fraction of sp³-hybridized carbons (Fsp3) is 0.267. The molecule has 20 heavy (non-hydrogen) atoms. The highest BCUT2D eigenvalue weighted by atomic mass is 32.1. The first-order chi connectivity index (χ1) is 9.76. The van der Waals surface area contributed by atoms with Gasteiger partial charge in [0.15, 0.2) is 0 Å². The first kappa shape index (κ1) is 13.3. The van der Waals surface area contributed by atoms with Gasteiger partial charge in [-0.3, -0.25) is 0 Å². The summed E-state index contributed by atoms with van der Waals surface area (Å²) < 4.78 is 14.3. The second-order valence-electron chi connectivity index (χ2n) is 4.68. The predicted molar refractivity (Wildman–Crippen MR) is 80.5 cm³/mol. The molecule has 2 N–H and O–H groups in total. The number of fused-ring (bicyclic) bond motifs is 1. The molecular formula is C15H16FN3S. The molecule has 3 rings (SSSR count). The molecular weight excluding hydrogens is 273 g/mol. The number of benzene rings is 1. The minimum absolute atomic E-state index is 0.183. The summed E-state index contributed by atoms with van der Waals surface area (Å²) in [6.07, 6.45) is 4.40. The molecule has 0 amide bonds. The number of nitrogens with zero attached hydrogens (tertiary/aromatic N) is 1. The Morgan fingerprint density at radius 1 is 1.40 bits per heavy atom. The molecule has 0 bridgehead atoms. The Balaban J connectivity index is 1.92. The Kier molecular flexibility index (Phi) is 3.80. The number of aromatic amines is 1. The van der Waals surface area contributed by atoms with Crippen molar-refractivity contribution in [2.45, 2.75) is 19.4 Å². The first-order valence-corrected chi connectivity index (χ1v) is 7.48. The molecule has 104 valence electrons. The highest BCUT2D eigenvalue weighted by Gasteiger charge is 2.15. The van der Waals surface area contributed by atoms with Crippen LogP contribution in [-0.2, 0) is 6.42 Å². The van der Waals surface area contributed by atoms with Gasteiger partial charge in [-0.05, 0) is 30.1 Å². The molecule has 0 aliphatic rings. The van der Waals surface area contributed by atoms with Gasteiger partial charge in [0.1, 0.15) is 11.6 Å². The molecule has 3 nitrogen and oxygen atoms in total. The summed E-state index contributed by atoms with van der Waals surface area (Å²) >= 11 is 1.64. The van der Waals surface area contributed by atoms with Crippen molar-refractivity contribution in [3.63, 3.8) is 0 Å². The molecule has 0 aliphatic heterocycles. The van der Waals surface area contributed by atoms with E-state index in [0.717, 1.165) is 28.9 Å². The van der Waals surface area contributed by atoms with E-state index in [2.05, 4.69) is 28.3 Å². The third kappa shape index (κ3) is 2.73. The Hall–Kier alpha value is -1.72. The number of thiophene rings is 1. The topological polar surface area (TPSA) is 40.7 Å².